The fourth-order valence-electron chi connectivity index (χ4n) is 5.16. The summed E-state index contributed by atoms with van der Waals surface area (Å²) in [5.41, 5.74) is 5.24. The molecule has 0 fully saturated rings. The summed E-state index contributed by atoms with van der Waals surface area (Å²) in [5.74, 6) is -1.40. The van der Waals surface area contributed by atoms with Crippen LogP contribution in [0.4, 0.5) is 4.79 Å². The van der Waals surface area contributed by atoms with Gasteiger partial charge in [-0.15, -0.1) is 0 Å². The average molecular weight is 513 g/mol. The van der Waals surface area contributed by atoms with Crippen LogP contribution in [0.15, 0.2) is 91.3 Å². The van der Waals surface area contributed by atoms with Crippen LogP contribution in [0.3, 0.4) is 0 Å². The van der Waals surface area contributed by atoms with E-state index in [0.717, 1.165) is 32.7 Å². The molecule has 0 radical (unpaired) electrons. The molecule has 1 heterocycles. The van der Waals surface area contributed by atoms with E-state index in [-0.39, 0.29) is 18.9 Å². The van der Waals surface area contributed by atoms with E-state index in [1.165, 1.54) is 24.4 Å². The molecule has 3 aromatic carbocycles. The molecule has 0 saturated heterocycles. The molecule has 3 aromatic rings. The van der Waals surface area contributed by atoms with Crippen LogP contribution >= 0.6 is 0 Å². The monoisotopic (exact) mass is 512 g/mol. The fourth-order valence-corrected chi connectivity index (χ4v) is 5.16. The van der Waals surface area contributed by atoms with Crippen molar-refractivity contribution in [2.24, 2.45) is 0 Å². The highest BCUT2D eigenvalue weighted by Gasteiger charge is 2.41. The third kappa shape index (κ3) is 4.66. The predicted molar refractivity (Wildman–Crippen MR) is 140 cm³/mol. The molecule has 194 valence electrons. The fraction of sp³-hybridized carbons (Fsp3) is 0.233. The summed E-state index contributed by atoms with van der Waals surface area (Å²) >= 11 is 0. The van der Waals surface area contributed by atoms with Gasteiger partial charge in [-0.2, -0.15) is 0 Å². The Morgan fingerprint density at radius 1 is 0.895 bits per heavy atom. The van der Waals surface area contributed by atoms with Gasteiger partial charge in [0.25, 0.3) is 5.91 Å². The number of esters is 1. The van der Waals surface area contributed by atoms with Gasteiger partial charge < -0.3 is 14.6 Å². The van der Waals surface area contributed by atoms with E-state index in [4.69, 9.17) is 9.47 Å². The van der Waals surface area contributed by atoms with Crippen molar-refractivity contribution in [2.75, 3.05) is 20.3 Å². The van der Waals surface area contributed by atoms with Gasteiger partial charge in [0.05, 0.1) is 13.7 Å². The van der Waals surface area contributed by atoms with Gasteiger partial charge in [-0.1, -0.05) is 78.9 Å². The lowest BCUT2D eigenvalue weighted by atomic mass is 9.98. The molecule has 2 aliphatic rings. The van der Waals surface area contributed by atoms with Gasteiger partial charge in [0.15, 0.2) is 6.04 Å². The zero-order valence-electron chi connectivity index (χ0n) is 20.9. The van der Waals surface area contributed by atoms with Gasteiger partial charge in [-0.05, 0) is 27.8 Å². The van der Waals surface area contributed by atoms with Crippen LogP contribution in [0.1, 0.15) is 22.6 Å². The highest BCUT2D eigenvalue weighted by atomic mass is 16.6. The van der Waals surface area contributed by atoms with Crippen molar-refractivity contribution >= 4 is 18.0 Å². The number of fused-ring (bicyclic) bond motifs is 3. The maximum atomic E-state index is 13.6. The van der Waals surface area contributed by atoms with Crippen molar-refractivity contribution in [1.29, 1.82) is 0 Å². The number of carbonyl (C=O) groups is 3. The third-order valence-corrected chi connectivity index (χ3v) is 7.06. The summed E-state index contributed by atoms with van der Waals surface area (Å²) in [4.78, 5) is 41.5. The van der Waals surface area contributed by atoms with E-state index in [9.17, 15) is 19.5 Å². The van der Waals surface area contributed by atoms with Crippen molar-refractivity contribution < 1.29 is 29.0 Å². The van der Waals surface area contributed by atoms with E-state index in [0.29, 0.717) is 0 Å². The Morgan fingerprint density at radius 3 is 2.11 bits per heavy atom. The molecular weight excluding hydrogens is 484 g/mol. The van der Waals surface area contributed by atoms with E-state index in [2.05, 4.69) is 12.1 Å². The maximum Gasteiger partial charge on any atom is 0.414 e. The second-order valence-corrected chi connectivity index (χ2v) is 9.18. The smallest absolute Gasteiger partial charge is 0.414 e. The molecule has 2 atom stereocenters. The molecular formula is C30H28N2O6. The Morgan fingerprint density at radius 2 is 1.50 bits per heavy atom. The molecule has 8 heteroatoms. The first kappa shape index (κ1) is 25.2. The van der Waals surface area contributed by atoms with Gasteiger partial charge in [0, 0.05) is 24.7 Å². The number of amides is 2. The largest absolute Gasteiger partial charge is 0.467 e. The normalized spacial score (nSPS) is 17.1. The van der Waals surface area contributed by atoms with Crippen LogP contribution < -0.4 is 0 Å². The van der Waals surface area contributed by atoms with E-state index in [1.807, 2.05) is 66.7 Å². The van der Waals surface area contributed by atoms with Crippen molar-refractivity contribution in [3.63, 3.8) is 0 Å². The Labute approximate surface area is 220 Å². The summed E-state index contributed by atoms with van der Waals surface area (Å²) < 4.78 is 10.6. The molecule has 0 bridgehead atoms. The molecule has 0 aromatic heterocycles. The summed E-state index contributed by atoms with van der Waals surface area (Å²) in [6, 6.07) is 23.2. The number of aliphatic hydroxyl groups excluding tert-OH is 1. The molecule has 1 aliphatic heterocycles. The molecule has 0 unspecified atom stereocenters. The van der Waals surface area contributed by atoms with Gasteiger partial charge in [0.1, 0.15) is 12.6 Å². The molecule has 0 spiro atoms. The van der Waals surface area contributed by atoms with Crippen LogP contribution in [-0.2, 0) is 25.5 Å². The van der Waals surface area contributed by atoms with Gasteiger partial charge in [-0.25, -0.2) is 9.59 Å². The zero-order valence-corrected chi connectivity index (χ0v) is 20.9. The number of hydrogen-bond acceptors (Lipinski definition) is 6. The summed E-state index contributed by atoms with van der Waals surface area (Å²) in [7, 11) is 1.19. The predicted octanol–water partition coefficient (Wildman–Crippen LogP) is 3.70. The Hall–Kier alpha value is -4.43. The molecule has 1 aliphatic carbocycles. The number of aliphatic hydroxyl groups is 1. The van der Waals surface area contributed by atoms with Crippen LogP contribution in [0.2, 0.25) is 0 Å². The average Bonchev–Trinajstić information content (AvgIpc) is 3.28. The van der Waals surface area contributed by atoms with E-state index < -0.39 is 36.7 Å². The van der Waals surface area contributed by atoms with Crippen molar-refractivity contribution in [1.82, 2.24) is 9.80 Å². The zero-order chi connectivity index (χ0) is 26.6. The van der Waals surface area contributed by atoms with Gasteiger partial charge in [-0.3, -0.25) is 14.6 Å². The number of benzene rings is 3. The quantitative estimate of drug-likeness (QED) is 0.485. The lowest BCUT2D eigenvalue weighted by molar-refractivity contribution is -0.154. The lowest BCUT2D eigenvalue weighted by Gasteiger charge is -2.37. The summed E-state index contributed by atoms with van der Waals surface area (Å²) in [6.45, 7) is -0.514. The first-order valence-electron chi connectivity index (χ1n) is 12.4. The molecule has 5 rings (SSSR count). The van der Waals surface area contributed by atoms with Crippen LogP contribution in [-0.4, -0.2) is 65.3 Å². The molecule has 8 nitrogen and oxygen atoms in total. The topological polar surface area (TPSA) is 96.4 Å². The van der Waals surface area contributed by atoms with Crippen molar-refractivity contribution in [2.45, 2.75) is 24.4 Å². The van der Waals surface area contributed by atoms with Gasteiger partial charge in [0.2, 0.25) is 0 Å². The summed E-state index contributed by atoms with van der Waals surface area (Å²) in [5, 5.41) is 9.78. The van der Waals surface area contributed by atoms with E-state index >= 15 is 0 Å². The SMILES string of the molecule is COC(=O)[C@@H](CO)N1C=CN(C(=O)OCC2c3ccccc3-c3ccccc32)[C@H](Cc2ccccc2)C1=O. The van der Waals surface area contributed by atoms with Gasteiger partial charge >= 0.3 is 12.1 Å². The first-order chi connectivity index (χ1) is 18.5. The minimum atomic E-state index is -1.22. The molecule has 0 saturated carbocycles. The van der Waals surface area contributed by atoms with Crippen LogP contribution in [0.25, 0.3) is 11.1 Å². The Balaban J connectivity index is 1.40. The van der Waals surface area contributed by atoms with Crippen molar-refractivity contribution in [3.8, 4) is 11.1 Å². The Kier molecular flexibility index (Phi) is 7.24. The number of methoxy groups -OCH3 is 1. The highest BCUT2D eigenvalue weighted by molar-refractivity contribution is 5.92. The maximum absolute atomic E-state index is 13.6. The first-order valence-corrected chi connectivity index (χ1v) is 12.4. The molecule has 1 N–H and O–H groups in total. The second kappa shape index (κ2) is 10.9. The van der Waals surface area contributed by atoms with Crippen molar-refractivity contribution in [3.05, 3.63) is 108 Å². The number of hydrogen-bond donors (Lipinski definition) is 1. The molecule has 38 heavy (non-hydrogen) atoms. The summed E-state index contributed by atoms with van der Waals surface area (Å²) in [6.07, 6.45) is 2.25. The van der Waals surface area contributed by atoms with Crippen LogP contribution in [0, 0.1) is 0 Å². The lowest BCUT2D eigenvalue weighted by Crippen LogP contribution is -2.57. The number of carbonyl (C=O) groups excluding carboxylic acids is 3. The minimum Gasteiger partial charge on any atom is -0.467 e. The minimum absolute atomic E-state index is 0.106. The number of ether oxygens (including phenoxy) is 2. The number of nitrogens with zero attached hydrogens (tertiary/aromatic N) is 2. The van der Waals surface area contributed by atoms with Crippen LogP contribution in [0.5, 0.6) is 0 Å². The highest BCUT2D eigenvalue weighted by Crippen LogP contribution is 2.44. The Bertz CT molecular complexity index is 1330. The standard InChI is InChI=1S/C30H28N2O6/c1-37-29(35)27(18-33)31-15-16-32(26(28(31)34)17-20-9-3-2-4-10-20)30(36)38-19-25-23-13-7-5-11-21(23)22-12-6-8-14-24(22)25/h2-16,25-27,33H,17-19H2,1H3/t26-,27-/m1/s1. The second-order valence-electron chi connectivity index (χ2n) is 9.18. The van der Waals surface area contributed by atoms with E-state index in [1.54, 1.807) is 0 Å². The third-order valence-electron chi connectivity index (χ3n) is 7.06. The number of rotatable bonds is 7. The molecule has 2 amide bonds.